The molecule has 0 saturated heterocycles. The Hall–Kier alpha value is -0.240. The van der Waals surface area contributed by atoms with Crippen LogP contribution >= 0.6 is 34.2 Å². The van der Waals surface area contributed by atoms with Crippen molar-refractivity contribution in [2.24, 2.45) is 0 Å². The van der Waals surface area contributed by atoms with Crippen LogP contribution in [0.4, 0.5) is 13.2 Å². The van der Waals surface area contributed by atoms with Gasteiger partial charge >= 0.3 is 6.36 Å². The molecule has 0 saturated carbocycles. The smallest absolute Gasteiger partial charge is 0.403 e. The Labute approximate surface area is 103 Å². The van der Waals surface area contributed by atoms with Gasteiger partial charge in [-0.2, -0.15) is 0 Å². The molecule has 15 heavy (non-hydrogen) atoms. The first-order valence-electron chi connectivity index (χ1n) is 3.81. The summed E-state index contributed by atoms with van der Waals surface area (Å²) in [5.41, 5.74) is 0.885. The predicted octanol–water partition coefficient (Wildman–Crippen LogP) is 3.63. The largest absolute Gasteiger partial charge is 0.573 e. The SMILES string of the molecule is Cc1cc(CCl)c(OC(F)(F)F)c(I)n1. The van der Waals surface area contributed by atoms with E-state index in [0.29, 0.717) is 5.69 Å². The van der Waals surface area contributed by atoms with Crippen LogP contribution in [0.2, 0.25) is 0 Å². The fraction of sp³-hybridized carbons (Fsp3) is 0.375. The van der Waals surface area contributed by atoms with Crippen LogP contribution in [0.15, 0.2) is 6.07 Å². The molecule has 0 N–H and O–H groups in total. The number of ether oxygens (including phenoxy) is 1. The van der Waals surface area contributed by atoms with Crippen molar-refractivity contribution < 1.29 is 17.9 Å². The molecule has 0 fully saturated rings. The van der Waals surface area contributed by atoms with Gasteiger partial charge in [-0.3, -0.25) is 0 Å². The van der Waals surface area contributed by atoms with E-state index in [2.05, 4.69) is 9.72 Å². The molecule has 1 aromatic rings. The zero-order chi connectivity index (χ0) is 11.6. The third kappa shape index (κ3) is 3.67. The Balaban J connectivity index is 3.15. The normalized spacial score (nSPS) is 11.6. The van der Waals surface area contributed by atoms with Crippen LogP contribution in [0.25, 0.3) is 0 Å². The summed E-state index contributed by atoms with van der Waals surface area (Å²) in [5, 5.41) is 0. The molecule has 0 aliphatic heterocycles. The number of hydrogen-bond donors (Lipinski definition) is 0. The lowest BCUT2D eigenvalue weighted by molar-refractivity contribution is -0.275. The van der Waals surface area contributed by atoms with Gasteiger partial charge in [0.1, 0.15) is 3.70 Å². The maximum Gasteiger partial charge on any atom is 0.573 e. The second kappa shape index (κ2) is 4.73. The lowest BCUT2D eigenvalue weighted by atomic mass is 10.2. The molecule has 0 unspecified atom stereocenters. The Morgan fingerprint density at radius 3 is 2.60 bits per heavy atom. The molecule has 0 atom stereocenters. The van der Waals surface area contributed by atoms with Crippen molar-refractivity contribution in [2.45, 2.75) is 19.2 Å². The van der Waals surface area contributed by atoms with E-state index in [9.17, 15) is 13.2 Å². The van der Waals surface area contributed by atoms with E-state index in [1.165, 1.54) is 6.07 Å². The summed E-state index contributed by atoms with van der Waals surface area (Å²) < 4.78 is 40.1. The number of hydrogen-bond acceptors (Lipinski definition) is 2. The molecule has 2 nitrogen and oxygen atoms in total. The van der Waals surface area contributed by atoms with E-state index in [1.54, 1.807) is 29.5 Å². The number of rotatable bonds is 2. The van der Waals surface area contributed by atoms with Crippen molar-refractivity contribution in [1.82, 2.24) is 4.98 Å². The van der Waals surface area contributed by atoms with Gasteiger partial charge in [-0.1, -0.05) is 0 Å². The third-order valence-corrected chi connectivity index (χ3v) is 2.52. The molecule has 0 aliphatic rings. The summed E-state index contributed by atoms with van der Waals surface area (Å²) in [6.07, 6.45) is -4.72. The Kier molecular flexibility index (Phi) is 4.05. The molecule has 84 valence electrons. The molecule has 1 rings (SSSR count). The van der Waals surface area contributed by atoms with Crippen LogP contribution in [0.1, 0.15) is 11.3 Å². The van der Waals surface area contributed by atoms with Gasteiger partial charge < -0.3 is 4.74 Å². The first-order chi connectivity index (χ1) is 6.83. The molecular weight excluding hydrogens is 345 g/mol. The van der Waals surface area contributed by atoms with E-state index in [1.807, 2.05) is 0 Å². The summed E-state index contributed by atoms with van der Waals surface area (Å²) in [6, 6.07) is 1.47. The number of aryl methyl sites for hydroxylation is 1. The maximum absolute atomic E-state index is 12.0. The van der Waals surface area contributed by atoms with Crippen molar-refractivity contribution in [3.05, 3.63) is 21.0 Å². The van der Waals surface area contributed by atoms with Gasteiger partial charge in [0.15, 0.2) is 5.75 Å². The van der Waals surface area contributed by atoms with E-state index in [4.69, 9.17) is 11.6 Å². The summed E-state index contributed by atoms with van der Waals surface area (Å²) in [4.78, 5) is 3.87. The van der Waals surface area contributed by atoms with Gasteiger partial charge in [0.05, 0.1) is 5.88 Å². The molecule has 0 bridgehead atoms. The van der Waals surface area contributed by atoms with Crippen molar-refractivity contribution in [2.75, 3.05) is 0 Å². The maximum atomic E-state index is 12.0. The van der Waals surface area contributed by atoms with Crippen LogP contribution in [-0.4, -0.2) is 11.3 Å². The van der Waals surface area contributed by atoms with Crippen LogP contribution in [0.3, 0.4) is 0 Å². The highest BCUT2D eigenvalue weighted by atomic mass is 127. The van der Waals surface area contributed by atoms with Gasteiger partial charge in [0.2, 0.25) is 0 Å². The quantitative estimate of drug-likeness (QED) is 0.461. The fourth-order valence-corrected chi connectivity index (χ4v) is 2.05. The summed E-state index contributed by atoms with van der Waals surface area (Å²) in [7, 11) is 0. The molecule has 0 amide bonds. The highest BCUT2D eigenvalue weighted by Gasteiger charge is 2.33. The molecule has 0 spiro atoms. The van der Waals surface area contributed by atoms with Crippen molar-refractivity contribution in [3.63, 3.8) is 0 Å². The third-order valence-electron chi connectivity index (χ3n) is 1.50. The molecule has 0 aromatic carbocycles. The lowest BCUT2D eigenvalue weighted by Gasteiger charge is -2.13. The lowest BCUT2D eigenvalue weighted by Crippen LogP contribution is -2.19. The molecule has 0 radical (unpaired) electrons. The fourth-order valence-electron chi connectivity index (χ4n) is 1.01. The standard InChI is InChI=1S/C8H6ClF3INO/c1-4-2-5(3-9)6(7(13)14-4)15-8(10,11)12/h2H,3H2,1H3. The first-order valence-corrected chi connectivity index (χ1v) is 5.42. The number of nitrogens with zero attached hydrogens (tertiary/aromatic N) is 1. The van der Waals surface area contributed by atoms with E-state index >= 15 is 0 Å². The van der Waals surface area contributed by atoms with Crippen molar-refractivity contribution in [1.29, 1.82) is 0 Å². The number of pyridine rings is 1. The molecule has 1 heterocycles. The molecule has 7 heteroatoms. The Morgan fingerprint density at radius 1 is 1.53 bits per heavy atom. The first kappa shape index (κ1) is 12.8. The van der Waals surface area contributed by atoms with Crippen LogP contribution < -0.4 is 4.74 Å². The van der Waals surface area contributed by atoms with E-state index < -0.39 is 6.36 Å². The predicted molar refractivity (Wildman–Crippen MR) is 57.9 cm³/mol. The molecular formula is C8H6ClF3INO. The minimum Gasteiger partial charge on any atom is -0.403 e. The van der Waals surface area contributed by atoms with Gasteiger partial charge in [-0.25, -0.2) is 4.98 Å². The van der Waals surface area contributed by atoms with Crippen LogP contribution in [0, 0.1) is 10.6 Å². The molecule has 1 aromatic heterocycles. The van der Waals surface area contributed by atoms with Crippen molar-refractivity contribution >= 4 is 34.2 Å². The second-order valence-electron chi connectivity index (χ2n) is 2.72. The average molecular weight is 351 g/mol. The highest BCUT2D eigenvalue weighted by Crippen LogP contribution is 2.31. The summed E-state index contributed by atoms with van der Waals surface area (Å²) in [5.74, 6) is -0.367. The van der Waals surface area contributed by atoms with Gasteiger partial charge in [-0.15, -0.1) is 24.8 Å². The van der Waals surface area contributed by atoms with Gasteiger partial charge in [0.25, 0.3) is 0 Å². The minimum absolute atomic E-state index is 0.0508. The summed E-state index contributed by atoms with van der Waals surface area (Å²) in [6.45, 7) is 1.68. The highest BCUT2D eigenvalue weighted by molar-refractivity contribution is 14.1. The van der Waals surface area contributed by atoms with E-state index in [0.717, 1.165) is 0 Å². The average Bonchev–Trinajstić information content (AvgIpc) is 2.07. The van der Waals surface area contributed by atoms with Crippen LogP contribution in [0.5, 0.6) is 5.75 Å². The topological polar surface area (TPSA) is 22.1 Å². The Bertz CT molecular complexity index is 370. The van der Waals surface area contributed by atoms with Crippen LogP contribution in [-0.2, 0) is 5.88 Å². The monoisotopic (exact) mass is 351 g/mol. The zero-order valence-electron chi connectivity index (χ0n) is 7.53. The summed E-state index contributed by atoms with van der Waals surface area (Å²) >= 11 is 7.21. The minimum atomic E-state index is -4.72. The Morgan fingerprint density at radius 2 is 2.13 bits per heavy atom. The second-order valence-corrected chi connectivity index (χ2v) is 4.01. The van der Waals surface area contributed by atoms with E-state index in [-0.39, 0.29) is 20.9 Å². The molecule has 0 aliphatic carbocycles. The van der Waals surface area contributed by atoms with Gasteiger partial charge in [0, 0.05) is 11.3 Å². The van der Waals surface area contributed by atoms with Crippen molar-refractivity contribution in [3.8, 4) is 5.75 Å². The number of halogens is 5. The zero-order valence-corrected chi connectivity index (χ0v) is 10.4. The number of aromatic nitrogens is 1. The van der Waals surface area contributed by atoms with Gasteiger partial charge in [-0.05, 0) is 35.6 Å². The number of alkyl halides is 4.